The highest BCUT2D eigenvalue weighted by molar-refractivity contribution is 5.64. The summed E-state index contributed by atoms with van der Waals surface area (Å²) in [7, 11) is 0. The number of hydrogen-bond acceptors (Lipinski definition) is 7. The van der Waals surface area contributed by atoms with E-state index in [2.05, 4.69) is 39.3 Å². The molecule has 0 amide bonds. The summed E-state index contributed by atoms with van der Waals surface area (Å²) in [6, 6.07) is 4.70. The van der Waals surface area contributed by atoms with Crippen molar-refractivity contribution >= 4 is 0 Å². The molecule has 3 aromatic heterocycles. The van der Waals surface area contributed by atoms with Gasteiger partial charge in [0.25, 0.3) is 0 Å². The van der Waals surface area contributed by atoms with Gasteiger partial charge in [-0.05, 0) is 54.9 Å². The van der Waals surface area contributed by atoms with Gasteiger partial charge in [-0.15, -0.1) is 5.10 Å². The zero-order valence-electron chi connectivity index (χ0n) is 21.9. The zero-order valence-corrected chi connectivity index (χ0v) is 21.9. The van der Waals surface area contributed by atoms with Crippen molar-refractivity contribution in [2.75, 3.05) is 6.54 Å². The molecule has 6 rings (SSSR count). The van der Waals surface area contributed by atoms with E-state index in [1.54, 1.807) is 19.2 Å². The second kappa shape index (κ2) is 9.12. The first-order chi connectivity index (χ1) is 18.9. The minimum absolute atomic E-state index is 0.0472. The Bertz CT molecular complexity index is 1580. The van der Waals surface area contributed by atoms with Crippen LogP contribution in [-0.2, 0) is 5.41 Å². The lowest BCUT2D eigenvalue weighted by molar-refractivity contribution is -0.126. The zero-order chi connectivity index (χ0) is 28.4. The molecule has 0 unspecified atom stereocenters. The molecule has 1 fully saturated rings. The van der Waals surface area contributed by atoms with Crippen LogP contribution in [0.1, 0.15) is 68.2 Å². The molecule has 0 saturated heterocycles. The highest BCUT2D eigenvalue weighted by Gasteiger charge is 2.65. The van der Waals surface area contributed by atoms with Crippen molar-refractivity contribution in [1.29, 1.82) is 0 Å². The standard InChI is InChI=1S/C28H25F5N6O/c1-14(35-13-28(31,32)33)21-12-40-25(37-21)20-10-34-11-22(36-20)27-8-7-16(26(27,2)3)15-9-19(38-39-24(15)27)23-17(29)5-4-6-18(23)30/h4-6,9-12,14,16,35H,7-8,13H2,1-3H3/t14-,16-,27-/m0/s1. The summed E-state index contributed by atoms with van der Waals surface area (Å²) < 4.78 is 72.5. The van der Waals surface area contributed by atoms with Crippen LogP contribution < -0.4 is 5.32 Å². The van der Waals surface area contributed by atoms with E-state index in [1.165, 1.54) is 30.7 Å². The quantitative estimate of drug-likeness (QED) is 0.280. The van der Waals surface area contributed by atoms with Crippen molar-refractivity contribution in [2.24, 2.45) is 5.41 Å². The number of hydrogen-bond donors (Lipinski definition) is 1. The predicted molar refractivity (Wildman–Crippen MR) is 134 cm³/mol. The van der Waals surface area contributed by atoms with Crippen molar-refractivity contribution in [3.63, 3.8) is 0 Å². The van der Waals surface area contributed by atoms with Gasteiger partial charge in [-0.25, -0.2) is 18.7 Å². The second-order valence-corrected chi connectivity index (χ2v) is 10.9. The smallest absolute Gasteiger partial charge is 0.401 e. The van der Waals surface area contributed by atoms with Gasteiger partial charge in [0.15, 0.2) is 0 Å². The van der Waals surface area contributed by atoms with Gasteiger partial charge in [-0.1, -0.05) is 19.9 Å². The molecule has 1 aromatic carbocycles. The molecule has 3 heterocycles. The third kappa shape index (κ3) is 3.99. The van der Waals surface area contributed by atoms with Crippen LogP contribution in [0.4, 0.5) is 22.0 Å². The molecule has 7 nitrogen and oxygen atoms in total. The van der Waals surface area contributed by atoms with Gasteiger partial charge in [0.05, 0.1) is 52.5 Å². The number of halogens is 5. The highest BCUT2D eigenvalue weighted by atomic mass is 19.4. The van der Waals surface area contributed by atoms with Crippen LogP contribution in [0.25, 0.3) is 22.8 Å². The van der Waals surface area contributed by atoms with E-state index in [-0.39, 0.29) is 28.5 Å². The maximum Gasteiger partial charge on any atom is 0.401 e. The summed E-state index contributed by atoms with van der Waals surface area (Å²) in [4.78, 5) is 13.6. The molecule has 0 spiro atoms. The first kappa shape index (κ1) is 26.4. The fourth-order valence-electron chi connectivity index (χ4n) is 6.41. The fourth-order valence-corrected chi connectivity index (χ4v) is 6.41. The van der Waals surface area contributed by atoms with Gasteiger partial charge in [-0.2, -0.15) is 18.3 Å². The Morgan fingerprint density at radius 1 is 1.07 bits per heavy atom. The largest absolute Gasteiger partial charge is 0.443 e. The van der Waals surface area contributed by atoms with Gasteiger partial charge in [-0.3, -0.25) is 4.98 Å². The van der Waals surface area contributed by atoms with E-state index < -0.39 is 35.8 Å². The van der Waals surface area contributed by atoms with Crippen LogP contribution in [0, 0.1) is 17.0 Å². The van der Waals surface area contributed by atoms with Crippen molar-refractivity contribution < 1.29 is 26.4 Å². The molecule has 12 heteroatoms. The summed E-state index contributed by atoms with van der Waals surface area (Å²) in [5.41, 5.74) is 1.69. The lowest BCUT2D eigenvalue weighted by Crippen LogP contribution is -2.38. The number of rotatable bonds is 6. The predicted octanol–water partition coefficient (Wildman–Crippen LogP) is 6.28. The summed E-state index contributed by atoms with van der Waals surface area (Å²) in [5.74, 6) is -1.24. The van der Waals surface area contributed by atoms with Crippen molar-refractivity contribution in [3.05, 3.63) is 77.2 Å². The van der Waals surface area contributed by atoms with Crippen LogP contribution >= 0.6 is 0 Å². The summed E-state index contributed by atoms with van der Waals surface area (Å²) in [6.45, 7) is 4.63. The molecule has 1 saturated carbocycles. The van der Waals surface area contributed by atoms with Crippen LogP contribution in [0.2, 0.25) is 0 Å². The topological polar surface area (TPSA) is 89.6 Å². The summed E-state index contributed by atoms with van der Waals surface area (Å²) in [6.07, 6.45) is 1.61. The molecule has 208 valence electrons. The van der Waals surface area contributed by atoms with Gasteiger partial charge >= 0.3 is 6.18 Å². The van der Waals surface area contributed by atoms with E-state index in [1.807, 2.05) is 0 Å². The monoisotopic (exact) mass is 556 g/mol. The molecule has 2 bridgehead atoms. The third-order valence-corrected chi connectivity index (χ3v) is 8.47. The van der Waals surface area contributed by atoms with Crippen LogP contribution in [0.5, 0.6) is 0 Å². The number of nitrogens with zero attached hydrogens (tertiary/aromatic N) is 5. The maximum atomic E-state index is 14.5. The minimum atomic E-state index is -4.35. The Kier molecular flexibility index (Phi) is 6.02. The van der Waals surface area contributed by atoms with E-state index in [9.17, 15) is 22.0 Å². The Balaban J connectivity index is 1.37. The maximum absolute atomic E-state index is 14.5. The fraction of sp³-hybridized carbons (Fsp3) is 0.393. The summed E-state index contributed by atoms with van der Waals surface area (Å²) >= 11 is 0. The highest BCUT2D eigenvalue weighted by Crippen LogP contribution is 2.69. The average molecular weight is 557 g/mol. The Labute approximate surface area is 226 Å². The molecule has 1 N–H and O–H groups in total. The van der Waals surface area contributed by atoms with Gasteiger partial charge in [0.2, 0.25) is 5.89 Å². The van der Waals surface area contributed by atoms with Crippen molar-refractivity contribution in [1.82, 2.24) is 30.5 Å². The number of aromatic nitrogens is 5. The minimum Gasteiger partial charge on any atom is -0.443 e. The Hall–Kier alpha value is -3.80. The van der Waals surface area contributed by atoms with E-state index >= 15 is 0 Å². The molecule has 2 aliphatic rings. The molecule has 0 aliphatic heterocycles. The normalized spacial score (nSPS) is 21.9. The van der Waals surface area contributed by atoms with E-state index in [4.69, 9.17) is 9.40 Å². The SMILES string of the molecule is C[C@H](NCC(F)(F)F)c1coc(-c2cncc([C@@]34CC[C@@H](c5cc(-c6c(F)cccc6F)nnc53)C4(C)C)n2)n1. The first-order valence-electron chi connectivity index (χ1n) is 12.8. The Morgan fingerprint density at radius 2 is 1.82 bits per heavy atom. The van der Waals surface area contributed by atoms with Crippen molar-refractivity contribution in [3.8, 4) is 22.8 Å². The number of oxazole rings is 1. The Morgan fingerprint density at radius 3 is 2.55 bits per heavy atom. The number of alkyl halides is 3. The number of fused-ring (bicyclic) bond motifs is 5. The third-order valence-electron chi connectivity index (χ3n) is 8.47. The lowest BCUT2D eigenvalue weighted by Gasteiger charge is -2.37. The molecule has 4 aromatic rings. The van der Waals surface area contributed by atoms with Crippen LogP contribution in [0.15, 0.2) is 47.3 Å². The van der Waals surface area contributed by atoms with Gasteiger partial charge in [0, 0.05) is 6.20 Å². The second-order valence-electron chi connectivity index (χ2n) is 10.9. The lowest BCUT2D eigenvalue weighted by atomic mass is 9.66. The number of benzene rings is 1. The van der Waals surface area contributed by atoms with Gasteiger partial charge < -0.3 is 9.73 Å². The molecule has 2 aliphatic carbocycles. The molecule has 0 radical (unpaired) electrons. The van der Waals surface area contributed by atoms with E-state index in [0.29, 0.717) is 29.2 Å². The molecular weight excluding hydrogens is 531 g/mol. The van der Waals surface area contributed by atoms with Crippen molar-refractivity contribution in [2.45, 2.75) is 57.2 Å². The van der Waals surface area contributed by atoms with Crippen LogP contribution in [0.3, 0.4) is 0 Å². The molecule has 40 heavy (non-hydrogen) atoms. The number of nitrogens with one attached hydrogen (secondary N) is 1. The van der Waals surface area contributed by atoms with Crippen LogP contribution in [-0.4, -0.2) is 37.9 Å². The molecular formula is C28H25F5N6O. The summed E-state index contributed by atoms with van der Waals surface area (Å²) in [5, 5.41) is 11.1. The average Bonchev–Trinajstić information content (AvgIpc) is 3.55. The van der Waals surface area contributed by atoms with E-state index in [0.717, 1.165) is 12.0 Å². The molecule has 3 atom stereocenters. The first-order valence-corrected chi connectivity index (χ1v) is 12.8. The van der Waals surface area contributed by atoms with Gasteiger partial charge in [0.1, 0.15) is 23.6 Å².